The quantitative estimate of drug-likeness (QED) is 0.494. The lowest BCUT2D eigenvalue weighted by molar-refractivity contribution is -0.262. The van der Waals surface area contributed by atoms with Crippen molar-refractivity contribution in [3.05, 3.63) is 0 Å². The highest BCUT2D eigenvalue weighted by Crippen LogP contribution is 2.55. The number of rotatable bonds is 6. The van der Waals surface area contributed by atoms with Crippen LogP contribution in [-0.2, 0) is 4.74 Å². The Kier molecular flexibility index (Phi) is 5.56. The predicted octanol–water partition coefficient (Wildman–Crippen LogP) is 4.55. The first-order valence-corrected chi connectivity index (χ1v) is 6.18. The van der Waals surface area contributed by atoms with Gasteiger partial charge in [0.1, 0.15) is 5.60 Å². The number of alkyl halides is 8. The van der Waals surface area contributed by atoms with E-state index in [4.69, 9.17) is 0 Å². The Labute approximate surface area is 114 Å². The van der Waals surface area contributed by atoms with Gasteiger partial charge in [0.25, 0.3) is 0 Å². The topological polar surface area (TPSA) is 9.23 Å². The molecular formula is C8H10BrCl2F5O. The minimum Gasteiger partial charge on any atom is -0.372 e. The minimum atomic E-state index is -4.94. The highest BCUT2D eigenvalue weighted by molar-refractivity contribution is 9.09. The highest BCUT2D eigenvalue weighted by atomic mass is 79.9. The van der Waals surface area contributed by atoms with Crippen LogP contribution in [0.5, 0.6) is 0 Å². The van der Waals surface area contributed by atoms with Crippen LogP contribution in [0.15, 0.2) is 0 Å². The maximum absolute atomic E-state index is 13.7. The van der Waals surface area contributed by atoms with E-state index in [2.05, 4.69) is 43.9 Å². The van der Waals surface area contributed by atoms with Gasteiger partial charge in [-0.25, -0.2) is 4.39 Å². The van der Waals surface area contributed by atoms with E-state index < -0.39 is 28.5 Å². The van der Waals surface area contributed by atoms with Crippen molar-refractivity contribution in [2.45, 2.75) is 35.4 Å². The van der Waals surface area contributed by atoms with Crippen LogP contribution in [0.25, 0.3) is 0 Å². The molecule has 0 N–H and O–H groups in total. The highest BCUT2D eigenvalue weighted by Gasteiger charge is 2.75. The molecule has 0 aliphatic heterocycles. The predicted molar refractivity (Wildman–Crippen MR) is 59.3 cm³/mol. The summed E-state index contributed by atoms with van der Waals surface area (Å²) in [5.74, 6) is -4.70. The van der Waals surface area contributed by atoms with Crippen LogP contribution >= 0.6 is 39.1 Å². The van der Waals surface area contributed by atoms with E-state index in [1.165, 1.54) is 0 Å². The van der Waals surface area contributed by atoms with Gasteiger partial charge in [-0.3, -0.25) is 0 Å². The summed E-state index contributed by atoms with van der Waals surface area (Å²) in [5.41, 5.74) is -2.52. The summed E-state index contributed by atoms with van der Waals surface area (Å²) in [7, 11) is 0.843. The summed E-state index contributed by atoms with van der Waals surface area (Å²) in [6, 6.07) is 0. The molecule has 2 atom stereocenters. The van der Waals surface area contributed by atoms with Crippen LogP contribution in [0.1, 0.15) is 13.3 Å². The van der Waals surface area contributed by atoms with Crippen molar-refractivity contribution < 1.29 is 26.7 Å². The SMILES string of the molecule is COC(C)(CCBr)C(F)(F)C(F)(Cl)C(F)(F)Cl. The lowest BCUT2D eigenvalue weighted by Crippen LogP contribution is -2.62. The molecule has 0 aromatic carbocycles. The Morgan fingerprint density at radius 3 is 1.76 bits per heavy atom. The average Bonchev–Trinajstić information content (AvgIpc) is 2.15. The second-order valence-corrected chi connectivity index (χ2v) is 5.31. The van der Waals surface area contributed by atoms with E-state index in [-0.39, 0.29) is 5.33 Å². The Hall–Kier alpha value is 0.670. The zero-order valence-corrected chi connectivity index (χ0v) is 11.9. The number of hydrogen-bond acceptors (Lipinski definition) is 1. The Bertz CT molecular complexity index is 271. The number of ether oxygens (including phenoxy) is 1. The normalized spacial score (nSPS) is 20.8. The van der Waals surface area contributed by atoms with Gasteiger partial charge in [0.2, 0.25) is 0 Å². The first kappa shape index (κ1) is 17.7. The average molecular weight is 368 g/mol. The van der Waals surface area contributed by atoms with Gasteiger partial charge in [-0.1, -0.05) is 27.5 Å². The molecule has 0 rings (SSSR count). The summed E-state index contributed by atoms with van der Waals surface area (Å²) < 4.78 is 70.5. The smallest absolute Gasteiger partial charge is 0.372 e. The molecule has 2 unspecified atom stereocenters. The van der Waals surface area contributed by atoms with Crippen molar-refractivity contribution in [2.75, 3.05) is 12.4 Å². The molecule has 0 spiro atoms. The fraction of sp³-hybridized carbons (Fsp3) is 1.00. The van der Waals surface area contributed by atoms with Crippen LogP contribution in [-0.4, -0.2) is 34.5 Å². The van der Waals surface area contributed by atoms with Crippen LogP contribution in [0.3, 0.4) is 0 Å². The molecule has 0 radical (unpaired) electrons. The summed E-state index contributed by atoms with van der Waals surface area (Å²) in [5, 5.41) is -9.72. The van der Waals surface area contributed by atoms with Crippen molar-refractivity contribution >= 4 is 39.1 Å². The van der Waals surface area contributed by atoms with Crippen LogP contribution in [0.4, 0.5) is 22.0 Å². The molecule has 0 amide bonds. The largest absolute Gasteiger partial charge is 0.375 e. The first-order valence-electron chi connectivity index (χ1n) is 4.31. The maximum atomic E-state index is 13.7. The third-order valence-corrected chi connectivity index (χ3v) is 3.66. The number of halogens is 8. The standard InChI is InChI=1S/C8H10BrCl2F5O/c1-5(17-2,3-4-9)7(13,14)6(10,12)8(11,15)16/h3-4H2,1-2H3. The molecule has 0 aliphatic rings. The second kappa shape index (κ2) is 5.35. The number of methoxy groups -OCH3 is 1. The van der Waals surface area contributed by atoms with E-state index in [1.54, 1.807) is 0 Å². The van der Waals surface area contributed by atoms with Gasteiger partial charge in [0.15, 0.2) is 0 Å². The third-order valence-electron chi connectivity index (χ3n) is 2.44. The molecule has 0 fully saturated rings. The fourth-order valence-corrected chi connectivity index (χ4v) is 2.15. The molecular weight excluding hydrogens is 358 g/mol. The van der Waals surface area contributed by atoms with Crippen LogP contribution < -0.4 is 0 Å². The zero-order chi connectivity index (χ0) is 14.1. The molecule has 17 heavy (non-hydrogen) atoms. The molecule has 0 bridgehead atoms. The molecule has 0 aromatic heterocycles. The fourth-order valence-electron chi connectivity index (χ4n) is 1.08. The minimum absolute atomic E-state index is 0.0201. The lowest BCUT2D eigenvalue weighted by Gasteiger charge is -2.42. The number of hydrogen-bond donors (Lipinski definition) is 0. The summed E-state index contributed by atoms with van der Waals surface area (Å²) in [6.45, 7) is 0.771. The molecule has 0 heterocycles. The molecule has 9 heteroatoms. The van der Waals surface area contributed by atoms with Gasteiger partial charge in [-0.05, 0) is 24.9 Å². The van der Waals surface area contributed by atoms with E-state index in [1.807, 2.05) is 0 Å². The van der Waals surface area contributed by atoms with Crippen LogP contribution in [0.2, 0.25) is 0 Å². The van der Waals surface area contributed by atoms with Gasteiger partial charge < -0.3 is 4.74 Å². The van der Waals surface area contributed by atoms with E-state index in [9.17, 15) is 22.0 Å². The van der Waals surface area contributed by atoms with Crippen molar-refractivity contribution in [3.63, 3.8) is 0 Å². The van der Waals surface area contributed by atoms with Crippen LogP contribution in [0, 0.1) is 0 Å². The molecule has 0 saturated carbocycles. The Morgan fingerprint density at radius 2 is 1.53 bits per heavy atom. The molecule has 0 saturated heterocycles. The van der Waals surface area contributed by atoms with Crippen molar-refractivity contribution in [1.29, 1.82) is 0 Å². The van der Waals surface area contributed by atoms with Crippen molar-refractivity contribution in [1.82, 2.24) is 0 Å². The Balaban J connectivity index is 5.51. The van der Waals surface area contributed by atoms with Gasteiger partial charge in [-0.15, -0.1) is 0 Å². The molecule has 0 aromatic rings. The zero-order valence-electron chi connectivity index (χ0n) is 8.85. The van der Waals surface area contributed by atoms with Gasteiger partial charge in [-0.2, -0.15) is 17.6 Å². The molecule has 1 nitrogen and oxygen atoms in total. The van der Waals surface area contributed by atoms with Crippen molar-refractivity contribution in [3.8, 4) is 0 Å². The summed E-state index contributed by atoms with van der Waals surface area (Å²) in [4.78, 5) is 0. The van der Waals surface area contributed by atoms with Gasteiger partial charge in [0.05, 0.1) is 0 Å². The van der Waals surface area contributed by atoms with E-state index in [0.717, 1.165) is 14.0 Å². The van der Waals surface area contributed by atoms with E-state index >= 15 is 0 Å². The van der Waals surface area contributed by atoms with Gasteiger partial charge in [0, 0.05) is 12.4 Å². The van der Waals surface area contributed by atoms with E-state index in [0.29, 0.717) is 0 Å². The van der Waals surface area contributed by atoms with Gasteiger partial charge >= 0.3 is 16.4 Å². The Morgan fingerprint density at radius 1 is 1.12 bits per heavy atom. The lowest BCUT2D eigenvalue weighted by atomic mass is 9.90. The monoisotopic (exact) mass is 366 g/mol. The summed E-state index contributed by atoms with van der Waals surface area (Å²) >= 11 is 11.7. The second-order valence-electron chi connectivity index (χ2n) is 3.52. The third kappa shape index (κ3) is 2.98. The molecule has 0 aliphatic carbocycles. The summed E-state index contributed by atoms with van der Waals surface area (Å²) in [6.07, 6.45) is -0.443. The molecule has 104 valence electrons. The van der Waals surface area contributed by atoms with Crippen molar-refractivity contribution in [2.24, 2.45) is 0 Å². The maximum Gasteiger partial charge on any atom is 0.375 e. The first-order chi connectivity index (χ1) is 7.37.